The molecule has 1 aromatic heterocycles. The summed E-state index contributed by atoms with van der Waals surface area (Å²) in [6.45, 7) is 0. The van der Waals surface area contributed by atoms with Crippen molar-refractivity contribution in [2.45, 2.75) is 6.42 Å². The molecule has 0 radical (unpaired) electrons. The fraction of sp³-hybridized carbons (Fsp3) is 0.0769. The largest absolute Gasteiger partial charge is 0.340 e. The molecule has 0 bridgehead atoms. The molecule has 0 unspecified atom stereocenters. The van der Waals surface area contributed by atoms with Gasteiger partial charge < -0.3 is 5.32 Å². The van der Waals surface area contributed by atoms with Gasteiger partial charge in [0.25, 0.3) is 0 Å². The monoisotopic (exact) mass is 209 g/mol. The van der Waals surface area contributed by atoms with Gasteiger partial charge in [-0.15, -0.1) is 0 Å². The highest BCUT2D eigenvalue weighted by molar-refractivity contribution is 5.59. The fourth-order valence-electron chi connectivity index (χ4n) is 1.44. The van der Waals surface area contributed by atoms with E-state index in [1.54, 1.807) is 6.20 Å². The Morgan fingerprint density at radius 3 is 2.69 bits per heavy atom. The Bertz CT molecular complexity index is 500. The van der Waals surface area contributed by atoms with Crippen LogP contribution in [0.4, 0.5) is 11.5 Å². The molecule has 1 heterocycles. The van der Waals surface area contributed by atoms with Crippen LogP contribution in [0.5, 0.6) is 0 Å². The smallest absolute Gasteiger partial charge is 0.134 e. The summed E-state index contributed by atoms with van der Waals surface area (Å²) in [7, 11) is 0. The molecule has 16 heavy (non-hydrogen) atoms. The minimum atomic E-state index is 0.364. The van der Waals surface area contributed by atoms with Crippen molar-refractivity contribution in [3.63, 3.8) is 0 Å². The van der Waals surface area contributed by atoms with Gasteiger partial charge in [0, 0.05) is 17.4 Å². The first-order chi connectivity index (χ1) is 7.90. The highest BCUT2D eigenvalue weighted by atomic mass is 15.0. The predicted molar refractivity (Wildman–Crippen MR) is 63.3 cm³/mol. The lowest BCUT2D eigenvalue weighted by molar-refractivity contribution is 1.19. The number of para-hydroxylation sites is 1. The summed E-state index contributed by atoms with van der Waals surface area (Å²) in [4.78, 5) is 4.23. The maximum atomic E-state index is 8.70. The van der Waals surface area contributed by atoms with Crippen molar-refractivity contribution in [3.8, 4) is 6.07 Å². The number of aromatic nitrogens is 1. The quantitative estimate of drug-likeness (QED) is 0.845. The molecule has 0 atom stereocenters. The van der Waals surface area contributed by atoms with Gasteiger partial charge in [-0.1, -0.05) is 24.3 Å². The van der Waals surface area contributed by atoms with Gasteiger partial charge in [-0.3, -0.25) is 0 Å². The van der Waals surface area contributed by atoms with Crippen LogP contribution in [0.1, 0.15) is 5.56 Å². The molecular formula is C13H11N3. The van der Waals surface area contributed by atoms with Gasteiger partial charge in [-0.05, 0) is 18.2 Å². The van der Waals surface area contributed by atoms with Gasteiger partial charge in [0.05, 0.1) is 12.5 Å². The highest BCUT2D eigenvalue weighted by Gasteiger charge is 2.02. The van der Waals surface area contributed by atoms with Gasteiger partial charge in [-0.25, -0.2) is 4.98 Å². The Kier molecular flexibility index (Phi) is 3.15. The Balaban J connectivity index is 2.25. The fourth-order valence-corrected chi connectivity index (χ4v) is 1.44. The Morgan fingerprint density at radius 1 is 1.12 bits per heavy atom. The van der Waals surface area contributed by atoms with Crippen molar-refractivity contribution in [3.05, 3.63) is 54.2 Å². The molecule has 0 aliphatic rings. The Morgan fingerprint density at radius 2 is 1.94 bits per heavy atom. The maximum absolute atomic E-state index is 8.70. The molecule has 0 spiro atoms. The molecule has 0 aliphatic heterocycles. The third-order valence-corrected chi connectivity index (χ3v) is 2.20. The van der Waals surface area contributed by atoms with Gasteiger partial charge in [0.1, 0.15) is 5.82 Å². The van der Waals surface area contributed by atoms with E-state index in [4.69, 9.17) is 5.26 Å². The van der Waals surface area contributed by atoms with E-state index in [1.165, 1.54) is 0 Å². The van der Waals surface area contributed by atoms with E-state index in [0.717, 1.165) is 17.1 Å². The van der Waals surface area contributed by atoms with Crippen LogP contribution in [0, 0.1) is 11.3 Å². The lowest BCUT2D eigenvalue weighted by atomic mass is 10.2. The van der Waals surface area contributed by atoms with Gasteiger partial charge in [0.15, 0.2) is 0 Å². The molecule has 1 aromatic carbocycles. The molecule has 2 rings (SSSR count). The normalized spacial score (nSPS) is 9.44. The summed E-state index contributed by atoms with van der Waals surface area (Å²) in [5.74, 6) is 0.746. The number of nitriles is 1. The summed E-state index contributed by atoms with van der Waals surface area (Å²) in [5, 5.41) is 11.9. The van der Waals surface area contributed by atoms with Crippen LogP contribution in [-0.4, -0.2) is 4.98 Å². The first-order valence-corrected chi connectivity index (χ1v) is 5.03. The molecule has 0 fully saturated rings. The number of hydrogen-bond acceptors (Lipinski definition) is 3. The zero-order chi connectivity index (χ0) is 11.2. The number of nitrogens with zero attached hydrogens (tertiary/aromatic N) is 2. The second-order valence-electron chi connectivity index (χ2n) is 3.34. The number of nitrogens with one attached hydrogen (secondary N) is 1. The lowest BCUT2D eigenvalue weighted by Gasteiger charge is -2.08. The first-order valence-electron chi connectivity index (χ1n) is 5.03. The number of rotatable bonds is 3. The van der Waals surface area contributed by atoms with E-state index in [1.807, 2.05) is 42.5 Å². The highest BCUT2D eigenvalue weighted by Crippen LogP contribution is 2.17. The van der Waals surface area contributed by atoms with Crippen molar-refractivity contribution >= 4 is 11.5 Å². The molecule has 2 aromatic rings. The molecule has 0 saturated heterocycles. The second kappa shape index (κ2) is 4.94. The van der Waals surface area contributed by atoms with E-state index in [9.17, 15) is 0 Å². The number of benzene rings is 1. The van der Waals surface area contributed by atoms with Crippen LogP contribution in [-0.2, 0) is 6.42 Å². The summed E-state index contributed by atoms with van der Waals surface area (Å²) < 4.78 is 0. The topological polar surface area (TPSA) is 48.7 Å². The van der Waals surface area contributed by atoms with Crippen molar-refractivity contribution < 1.29 is 0 Å². The molecule has 1 N–H and O–H groups in total. The van der Waals surface area contributed by atoms with Crippen molar-refractivity contribution in [2.24, 2.45) is 0 Å². The van der Waals surface area contributed by atoms with Crippen LogP contribution < -0.4 is 5.32 Å². The summed E-state index contributed by atoms with van der Waals surface area (Å²) in [6.07, 6.45) is 2.08. The first kappa shape index (κ1) is 10.2. The predicted octanol–water partition coefficient (Wildman–Crippen LogP) is 2.89. The standard InChI is InChI=1S/C13H11N3/c14-9-8-11-5-4-10-15-13(11)16-12-6-2-1-3-7-12/h1-7,10H,8H2,(H,15,16). The number of pyridine rings is 1. The average molecular weight is 209 g/mol. The Hall–Kier alpha value is -2.34. The molecule has 0 saturated carbocycles. The van der Waals surface area contributed by atoms with Crippen LogP contribution in [0.25, 0.3) is 0 Å². The van der Waals surface area contributed by atoms with Crippen LogP contribution in [0.15, 0.2) is 48.7 Å². The van der Waals surface area contributed by atoms with Crippen molar-refractivity contribution in [2.75, 3.05) is 5.32 Å². The molecule has 3 nitrogen and oxygen atoms in total. The van der Waals surface area contributed by atoms with Crippen molar-refractivity contribution in [1.29, 1.82) is 5.26 Å². The van der Waals surface area contributed by atoms with E-state index < -0.39 is 0 Å². The van der Waals surface area contributed by atoms with Gasteiger partial charge in [-0.2, -0.15) is 5.26 Å². The van der Waals surface area contributed by atoms with Crippen LogP contribution in [0.2, 0.25) is 0 Å². The summed E-state index contributed by atoms with van der Waals surface area (Å²) in [6, 6.07) is 15.7. The second-order valence-corrected chi connectivity index (χ2v) is 3.34. The minimum Gasteiger partial charge on any atom is -0.340 e. The number of hydrogen-bond donors (Lipinski definition) is 1. The van der Waals surface area contributed by atoms with Crippen LogP contribution in [0.3, 0.4) is 0 Å². The molecule has 3 heteroatoms. The molecule has 0 amide bonds. The maximum Gasteiger partial charge on any atom is 0.134 e. The SMILES string of the molecule is N#CCc1cccnc1Nc1ccccc1. The number of anilines is 2. The van der Waals surface area contributed by atoms with E-state index in [0.29, 0.717) is 6.42 Å². The third-order valence-electron chi connectivity index (χ3n) is 2.20. The average Bonchev–Trinajstić information content (AvgIpc) is 2.33. The third kappa shape index (κ3) is 2.37. The Labute approximate surface area is 94.4 Å². The zero-order valence-electron chi connectivity index (χ0n) is 8.72. The van der Waals surface area contributed by atoms with E-state index >= 15 is 0 Å². The summed E-state index contributed by atoms with van der Waals surface area (Å²) in [5.41, 5.74) is 1.88. The van der Waals surface area contributed by atoms with Crippen molar-refractivity contribution in [1.82, 2.24) is 4.98 Å². The summed E-state index contributed by atoms with van der Waals surface area (Å²) >= 11 is 0. The molecular weight excluding hydrogens is 198 g/mol. The van der Waals surface area contributed by atoms with E-state index in [2.05, 4.69) is 16.4 Å². The minimum absolute atomic E-state index is 0.364. The van der Waals surface area contributed by atoms with Crippen LogP contribution >= 0.6 is 0 Å². The zero-order valence-corrected chi connectivity index (χ0v) is 8.72. The molecule has 78 valence electrons. The van der Waals surface area contributed by atoms with Gasteiger partial charge >= 0.3 is 0 Å². The van der Waals surface area contributed by atoms with E-state index in [-0.39, 0.29) is 0 Å². The lowest BCUT2D eigenvalue weighted by Crippen LogP contribution is -1.97. The molecule has 0 aliphatic carbocycles. The van der Waals surface area contributed by atoms with Gasteiger partial charge in [0.2, 0.25) is 0 Å².